The zero-order valence-corrected chi connectivity index (χ0v) is 12.4. The highest BCUT2D eigenvalue weighted by Gasteiger charge is 2.31. The molecule has 0 radical (unpaired) electrons. The second kappa shape index (κ2) is 6.45. The summed E-state index contributed by atoms with van der Waals surface area (Å²) in [4.78, 5) is 14.4. The third-order valence-corrected chi connectivity index (χ3v) is 4.20. The van der Waals surface area contributed by atoms with E-state index in [1.54, 1.807) is 7.11 Å². The summed E-state index contributed by atoms with van der Waals surface area (Å²) < 4.78 is 11.1. The number of rotatable bonds is 3. The van der Waals surface area contributed by atoms with Gasteiger partial charge < -0.3 is 19.7 Å². The molecular weight excluding hydrogens is 268 g/mol. The Kier molecular flexibility index (Phi) is 4.41. The van der Waals surface area contributed by atoms with Gasteiger partial charge in [0.25, 0.3) is 0 Å². The fourth-order valence-corrected chi connectivity index (χ4v) is 3.01. The van der Waals surface area contributed by atoms with Crippen LogP contribution >= 0.6 is 0 Å². The molecule has 2 fully saturated rings. The van der Waals surface area contributed by atoms with Crippen LogP contribution in [0, 0.1) is 0 Å². The first kappa shape index (κ1) is 14.4. The van der Waals surface area contributed by atoms with E-state index in [-0.39, 0.29) is 18.1 Å². The molecule has 0 saturated carbocycles. The summed E-state index contributed by atoms with van der Waals surface area (Å²) in [7, 11) is 1.66. The molecule has 3 rings (SSSR count). The molecule has 5 nitrogen and oxygen atoms in total. The lowest BCUT2D eigenvalue weighted by Gasteiger charge is -2.34. The molecule has 2 atom stereocenters. The predicted molar refractivity (Wildman–Crippen MR) is 79.3 cm³/mol. The second-order valence-electron chi connectivity index (χ2n) is 5.57. The van der Waals surface area contributed by atoms with Gasteiger partial charge >= 0.3 is 0 Å². The van der Waals surface area contributed by atoms with Crippen LogP contribution in [-0.2, 0) is 9.53 Å². The van der Waals surface area contributed by atoms with Gasteiger partial charge in [0.1, 0.15) is 11.9 Å². The van der Waals surface area contributed by atoms with Crippen molar-refractivity contribution in [2.75, 3.05) is 33.4 Å². The number of benzene rings is 1. The summed E-state index contributed by atoms with van der Waals surface area (Å²) in [6.07, 6.45) is 1.96. The lowest BCUT2D eigenvalue weighted by molar-refractivity contribution is -0.140. The normalized spacial score (nSPS) is 25.9. The Bertz CT molecular complexity index is 500. The number of amides is 1. The topological polar surface area (TPSA) is 50.8 Å². The molecule has 114 valence electrons. The average molecular weight is 290 g/mol. The first-order valence-electron chi connectivity index (χ1n) is 7.55. The SMILES string of the molecule is COc1cccc(C2CN(C(=O)C3CCCN3)CCO2)c1. The van der Waals surface area contributed by atoms with Crippen LogP contribution in [0.3, 0.4) is 0 Å². The number of methoxy groups -OCH3 is 1. The maximum atomic E-state index is 12.5. The fraction of sp³-hybridized carbons (Fsp3) is 0.562. The van der Waals surface area contributed by atoms with Gasteiger partial charge in [-0.05, 0) is 37.1 Å². The Labute approximate surface area is 125 Å². The number of carbonyl (C=O) groups excluding carboxylic acids is 1. The molecule has 2 heterocycles. The van der Waals surface area contributed by atoms with Gasteiger partial charge in [-0.1, -0.05) is 12.1 Å². The van der Waals surface area contributed by atoms with E-state index in [1.807, 2.05) is 29.2 Å². The average Bonchev–Trinajstić information content (AvgIpc) is 3.09. The number of morpholine rings is 1. The van der Waals surface area contributed by atoms with Crippen molar-refractivity contribution in [3.05, 3.63) is 29.8 Å². The minimum atomic E-state index is -0.0702. The first-order chi connectivity index (χ1) is 10.3. The molecule has 2 aliphatic heterocycles. The lowest BCUT2D eigenvalue weighted by atomic mass is 10.1. The minimum absolute atomic E-state index is 0.00550. The monoisotopic (exact) mass is 290 g/mol. The molecule has 0 aliphatic carbocycles. The van der Waals surface area contributed by atoms with Gasteiger partial charge in [0.15, 0.2) is 0 Å². The zero-order chi connectivity index (χ0) is 14.7. The van der Waals surface area contributed by atoms with Crippen LogP contribution in [-0.4, -0.2) is 50.2 Å². The van der Waals surface area contributed by atoms with Crippen LogP contribution in [0.5, 0.6) is 5.75 Å². The summed E-state index contributed by atoms with van der Waals surface area (Å²) in [5, 5.41) is 3.27. The van der Waals surface area contributed by atoms with Crippen LogP contribution in [0.2, 0.25) is 0 Å². The highest BCUT2D eigenvalue weighted by molar-refractivity contribution is 5.82. The molecular formula is C16H22N2O3. The molecule has 2 aliphatic rings. The Hall–Kier alpha value is -1.59. The largest absolute Gasteiger partial charge is 0.497 e. The van der Waals surface area contributed by atoms with Gasteiger partial charge in [0, 0.05) is 6.54 Å². The van der Waals surface area contributed by atoms with Gasteiger partial charge in [-0.15, -0.1) is 0 Å². The maximum Gasteiger partial charge on any atom is 0.239 e. The molecule has 1 aromatic rings. The van der Waals surface area contributed by atoms with Gasteiger partial charge in [-0.2, -0.15) is 0 Å². The van der Waals surface area contributed by atoms with Crippen LogP contribution in [0.1, 0.15) is 24.5 Å². The van der Waals surface area contributed by atoms with Crippen molar-refractivity contribution >= 4 is 5.91 Å². The third-order valence-electron chi connectivity index (χ3n) is 4.20. The van der Waals surface area contributed by atoms with Crippen LogP contribution < -0.4 is 10.1 Å². The minimum Gasteiger partial charge on any atom is -0.497 e. The number of nitrogens with zero attached hydrogens (tertiary/aromatic N) is 1. The molecule has 0 aromatic heterocycles. The quantitative estimate of drug-likeness (QED) is 0.913. The molecule has 0 spiro atoms. The van der Waals surface area contributed by atoms with E-state index in [9.17, 15) is 4.79 Å². The molecule has 1 amide bonds. The summed E-state index contributed by atoms with van der Waals surface area (Å²) in [5.74, 6) is 1.03. The van der Waals surface area contributed by atoms with Crippen molar-refractivity contribution in [3.63, 3.8) is 0 Å². The summed E-state index contributed by atoms with van der Waals surface area (Å²) >= 11 is 0. The molecule has 2 unspecified atom stereocenters. The highest BCUT2D eigenvalue weighted by atomic mass is 16.5. The van der Waals surface area contributed by atoms with E-state index < -0.39 is 0 Å². The fourth-order valence-electron chi connectivity index (χ4n) is 3.01. The number of hydrogen-bond acceptors (Lipinski definition) is 4. The number of carbonyl (C=O) groups is 1. The standard InChI is InChI=1S/C16H22N2O3/c1-20-13-5-2-4-12(10-13)15-11-18(8-9-21-15)16(19)14-6-3-7-17-14/h2,4-5,10,14-15,17H,3,6-9,11H2,1H3. The van der Waals surface area contributed by atoms with Crippen LogP contribution in [0.15, 0.2) is 24.3 Å². The Balaban J connectivity index is 1.68. The number of hydrogen-bond donors (Lipinski definition) is 1. The number of ether oxygens (including phenoxy) is 2. The van der Waals surface area contributed by atoms with Crippen molar-refractivity contribution in [2.45, 2.75) is 25.0 Å². The maximum absolute atomic E-state index is 12.5. The van der Waals surface area contributed by atoms with Crippen LogP contribution in [0.4, 0.5) is 0 Å². The Morgan fingerprint density at radius 3 is 3.14 bits per heavy atom. The van der Waals surface area contributed by atoms with Crippen molar-refractivity contribution < 1.29 is 14.3 Å². The summed E-state index contributed by atoms with van der Waals surface area (Å²) in [6.45, 7) is 2.82. The van der Waals surface area contributed by atoms with Gasteiger partial charge in [0.2, 0.25) is 5.91 Å². The van der Waals surface area contributed by atoms with E-state index in [4.69, 9.17) is 9.47 Å². The van der Waals surface area contributed by atoms with Gasteiger partial charge in [-0.25, -0.2) is 0 Å². The van der Waals surface area contributed by atoms with E-state index >= 15 is 0 Å². The van der Waals surface area contributed by atoms with E-state index in [0.29, 0.717) is 19.7 Å². The molecule has 0 bridgehead atoms. The molecule has 1 aromatic carbocycles. The van der Waals surface area contributed by atoms with E-state index in [2.05, 4.69) is 5.32 Å². The van der Waals surface area contributed by atoms with E-state index in [0.717, 1.165) is 30.7 Å². The Morgan fingerprint density at radius 2 is 2.38 bits per heavy atom. The second-order valence-corrected chi connectivity index (χ2v) is 5.57. The van der Waals surface area contributed by atoms with Crippen molar-refractivity contribution in [3.8, 4) is 5.75 Å². The Morgan fingerprint density at radius 1 is 1.48 bits per heavy atom. The van der Waals surface area contributed by atoms with Crippen molar-refractivity contribution in [2.24, 2.45) is 0 Å². The van der Waals surface area contributed by atoms with E-state index in [1.165, 1.54) is 0 Å². The predicted octanol–water partition coefficient (Wildman–Crippen LogP) is 1.35. The molecule has 21 heavy (non-hydrogen) atoms. The van der Waals surface area contributed by atoms with Crippen molar-refractivity contribution in [1.82, 2.24) is 10.2 Å². The molecule has 1 N–H and O–H groups in total. The molecule has 2 saturated heterocycles. The van der Waals surface area contributed by atoms with Crippen LogP contribution in [0.25, 0.3) is 0 Å². The van der Waals surface area contributed by atoms with Gasteiger partial charge in [0.05, 0.1) is 26.3 Å². The number of nitrogens with one attached hydrogen (secondary N) is 1. The summed E-state index contributed by atoms with van der Waals surface area (Å²) in [5.41, 5.74) is 1.06. The first-order valence-corrected chi connectivity index (χ1v) is 7.55. The lowest BCUT2D eigenvalue weighted by Crippen LogP contribution is -2.49. The third kappa shape index (κ3) is 3.19. The van der Waals surface area contributed by atoms with Crippen molar-refractivity contribution in [1.29, 1.82) is 0 Å². The zero-order valence-electron chi connectivity index (χ0n) is 12.4. The molecule has 5 heteroatoms. The smallest absolute Gasteiger partial charge is 0.239 e. The summed E-state index contributed by atoms with van der Waals surface area (Å²) in [6, 6.07) is 7.87. The van der Waals surface area contributed by atoms with Gasteiger partial charge in [-0.3, -0.25) is 4.79 Å². The highest BCUT2D eigenvalue weighted by Crippen LogP contribution is 2.26.